The molecule has 3 atom stereocenters. The van der Waals surface area contributed by atoms with Gasteiger partial charge in [0, 0.05) is 24.9 Å². The van der Waals surface area contributed by atoms with Gasteiger partial charge in [0.05, 0.1) is 19.3 Å². The summed E-state index contributed by atoms with van der Waals surface area (Å²) in [4.78, 5) is 37.0. The fourth-order valence-electron chi connectivity index (χ4n) is 4.51. The van der Waals surface area contributed by atoms with E-state index >= 15 is 0 Å². The van der Waals surface area contributed by atoms with Crippen LogP contribution in [0.3, 0.4) is 0 Å². The minimum absolute atomic E-state index is 0.132. The first-order valence-corrected chi connectivity index (χ1v) is 13.4. The molecule has 1 saturated carbocycles. The largest absolute Gasteiger partial charge is 0.493 e. The minimum Gasteiger partial charge on any atom is -0.493 e. The van der Waals surface area contributed by atoms with Crippen molar-refractivity contribution in [3.05, 3.63) is 35.5 Å². The Morgan fingerprint density at radius 3 is 2.72 bits per heavy atom. The molecule has 0 bridgehead atoms. The van der Waals surface area contributed by atoms with Crippen molar-refractivity contribution >= 4 is 26.9 Å². The second-order valence-corrected chi connectivity index (χ2v) is 10.3. The van der Waals surface area contributed by atoms with Gasteiger partial charge in [-0.1, -0.05) is 19.3 Å². The number of fused-ring (bicyclic) bond motifs is 1. The summed E-state index contributed by atoms with van der Waals surface area (Å²) in [6.45, 7) is 2.41. The lowest BCUT2D eigenvalue weighted by atomic mass is 9.90. The van der Waals surface area contributed by atoms with E-state index < -0.39 is 20.8 Å². The van der Waals surface area contributed by atoms with E-state index in [9.17, 15) is 14.4 Å². The second kappa shape index (κ2) is 12.5. The zero-order valence-corrected chi connectivity index (χ0v) is 21.5. The Morgan fingerprint density at radius 1 is 1.17 bits per heavy atom. The average Bonchev–Trinajstić information content (AvgIpc) is 3.38. The third-order valence-corrected chi connectivity index (χ3v) is 7.57. The highest BCUT2D eigenvalue weighted by Crippen LogP contribution is 2.48. The van der Waals surface area contributed by atoms with Crippen LogP contribution in [-0.4, -0.2) is 55.8 Å². The van der Waals surface area contributed by atoms with Crippen LogP contribution in [0, 0.1) is 5.92 Å². The molecule has 3 unspecified atom stereocenters. The van der Waals surface area contributed by atoms with Crippen LogP contribution >= 0.6 is 8.60 Å². The van der Waals surface area contributed by atoms with Crippen molar-refractivity contribution in [1.82, 2.24) is 10.2 Å². The summed E-state index contributed by atoms with van der Waals surface area (Å²) in [5, 5.41) is 2.51. The van der Waals surface area contributed by atoms with Gasteiger partial charge >= 0.3 is 14.6 Å². The molecule has 0 radical (unpaired) electrons. The van der Waals surface area contributed by atoms with Gasteiger partial charge in [-0.2, -0.15) is 0 Å². The molecule has 1 aromatic carbocycles. The van der Waals surface area contributed by atoms with E-state index in [2.05, 4.69) is 5.32 Å². The first-order chi connectivity index (χ1) is 17.5. The molecular formula is C25H33N2O8P. The summed E-state index contributed by atoms with van der Waals surface area (Å²) < 4.78 is 28.8. The van der Waals surface area contributed by atoms with Crippen molar-refractivity contribution in [2.75, 3.05) is 20.3 Å². The lowest BCUT2D eigenvalue weighted by molar-refractivity contribution is -0.127. The number of hydrogen-bond acceptors (Lipinski definition) is 8. The highest BCUT2D eigenvalue weighted by atomic mass is 31.2. The van der Waals surface area contributed by atoms with Gasteiger partial charge < -0.3 is 23.8 Å². The maximum atomic E-state index is 12.4. The Labute approximate surface area is 212 Å². The van der Waals surface area contributed by atoms with Gasteiger partial charge in [0.1, 0.15) is 23.3 Å². The van der Waals surface area contributed by atoms with E-state index in [1.807, 2.05) is 0 Å². The zero-order chi connectivity index (χ0) is 25.5. The van der Waals surface area contributed by atoms with E-state index in [0.717, 1.165) is 0 Å². The minimum atomic E-state index is -1.94. The summed E-state index contributed by atoms with van der Waals surface area (Å²) in [5.74, 6) is 0.815. The molecule has 196 valence electrons. The van der Waals surface area contributed by atoms with Gasteiger partial charge in [0.2, 0.25) is 12.3 Å². The van der Waals surface area contributed by atoms with E-state index in [0.29, 0.717) is 54.4 Å². The van der Waals surface area contributed by atoms with Crippen LogP contribution in [0.4, 0.5) is 0 Å². The number of ether oxygens (including phenoxy) is 2. The normalized spacial score (nSPS) is 24.3. The van der Waals surface area contributed by atoms with Crippen LogP contribution in [0.15, 0.2) is 30.0 Å². The maximum Gasteiger partial charge on any atom is 0.465 e. The average molecular weight is 521 g/mol. The van der Waals surface area contributed by atoms with Crippen molar-refractivity contribution in [2.24, 2.45) is 5.92 Å². The molecule has 1 aromatic rings. The standard InChI is InChI=1S/C25H33N2O8P/c1-17(24(29)26-2)13-27(16-28)23-11-9-20(33-23)15-32-36-34-22-12-19(8-10-21(22)25(30)35-36)31-14-18-6-4-3-5-7-18/h8,10,12-13,16,18,20,23H,3-7,9,11,14-15H2,1-2H3,(H,26,29)/b17-13-. The molecule has 2 aliphatic heterocycles. The van der Waals surface area contributed by atoms with Gasteiger partial charge in [0.25, 0.3) is 0 Å². The molecule has 1 saturated heterocycles. The van der Waals surface area contributed by atoms with E-state index in [1.165, 1.54) is 50.3 Å². The Hall–Kier alpha value is -2.68. The second-order valence-electron chi connectivity index (χ2n) is 9.20. The van der Waals surface area contributed by atoms with Crippen LogP contribution in [-0.2, 0) is 23.4 Å². The maximum absolute atomic E-state index is 12.4. The fourth-order valence-corrected chi connectivity index (χ4v) is 5.48. The summed E-state index contributed by atoms with van der Waals surface area (Å²) in [6.07, 6.45) is 8.64. The van der Waals surface area contributed by atoms with Gasteiger partial charge in [-0.05, 0) is 50.7 Å². The Kier molecular flexibility index (Phi) is 9.18. The molecule has 3 aliphatic rings. The van der Waals surface area contributed by atoms with Crippen molar-refractivity contribution in [3.63, 3.8) is 0 Å². The third kappa shape index (κ3) is 6.75. The first-order valence-electron chi connectivity index (χ1n) is 12.4. The Morgan fingerprint density at radius 2 is 1.97 bits per heavy atom. The fraction of sp³-hybridized carbons (Fsp3) is 0.560. The predicted molar refractivity (Wildman–Crippen MR) is 131 cm³/mol. The molecule has 1 N–H and O–H groups in total. The number of carbonyl (C=O) groups is 3. The topological polar surface area (TPSA) is 113 Å². The zero-order valence-electron chi connectivity index (χ0n) is 20.6. The molecule has 1 aliphatic carbocycles. The van der Waals surface area contributed by atoms with Crippen molar-refractivity contribution in [2.45, 2.75) is 64.2 Å². The molecule has 0 spiro atoms. The van der Waals surface area contributed by atoms with E-state index in [-0.39, 0.29) is 18.6 Å². The van der Waals surface area contributed by atoms with Crippen LogP contribution in [0.2, 0.25) is 0 Å². The predicted octanol–water partition coefficient (Wildman–Crippen LogP) is 4.05. The first kappa shape index (κ1) is 26.4. The Bertz CT molecular complexity index is 981. The summed E-state index contributed by atoms with van der Waals surface area (Å²) in [7, 11) is -0.415. The monoisotopic (exact) mass is 520 g/mol. The van der Waals surface area contributed by atoms with Crippen LogP contribution in [0.25, 0.3) is 0 Å². The number of likely N-dealkylation sites (N-methyl/N-ethyl adjacent to an activating group) is 1. The molecule has 11 heteroatoms. The number of rotatable bonds is 10. The highest BCUT2D eigenvalue weighted by molar-refractivity contribution is 7.43. The molecule has 36 heavy (non-hydrogen) atoms. The molecular weight excluding hydrogens is 487 g/mol. The number of nitrogens with zero attached hydrogens (tertiary/aromatic N) is 1. The van der Waals surface area contributed by atoms with Crippen molar-refractivity contribution in [1.29, 1.82) is 0 Å². The van der Waals surface area contributed by atoms with Gasteiger partial charge in [-0.3, -0.25) is 19.0 Å². The number of amides is 2. The summed E-state index contributed by atoms with van der Waals surface area (Å²) in [5.41, 5.74) is 0.721. The molecule has 0 aromatic heterocycles. The van der Waals surface area contributed by atoms with E-state index in [1.54, 1.807) is 25.1 Å². The SMILES string of the molecule is CNC(=O)/C(C)=C\N(C=O)C1CCC(COP2OC(=O)c3ccc(OCC4CCCCC4)cc3O2)O1. The molecule has 4 rings (SSSR count). The lowest BCUT2D eigenvalue weighted by Gasteiger charge is -2.25. The number of benzene rings is 1. The number of hydrogen-bond donors (Lipinski definition) is 1. The van der Waals surface area contributed by atoms with Crippen LogP contribution < -0.4 is 14.6 Å². The quantitative estimate of drug-likeness (QED) is 0.279. The molecule has 2 amide bonds. The van der Waals surface area contributed by atoms with Crippen molar-refractivity contribution in [3.8, 4) is 11.5 Å². The summed E-state index contributed by atoms with van der Waals surface area (Å²) in [6, 6.07) is 5.11. The van der Waals surface area contributed by atoms with Crippen molar-refractivity contribution < 1.29 is 37.4 Å². The smallest absolute Gasteiger partial charge is 0.465 e. The molecule has 2 fully saturated rings. The highest BCUT2D eigenvalue weighted by Gasteiger charge is 2.35. The summed E-state index contributed by atoms with van der Waals surface area (Å²) >= 11 is 0. The Balaban J connectivity index is 1.28. The lowest BCUT2D eigenvalue weighted by Crippen LogP contribution is -2.32. The van der Waals surface area contributed by atoms with Gasteiger partial charge in [-0.25, -0.2) is 4.79 Å². The van der Waals surface area contributed by atoms with E-state index in [4.69, 9.17) is 23.0 Å². The van der Waals surface area contributed by atoms with Crippen LogP contribution in [0.5, 0.6) is 11.5 Å². The van der Waals surface area contributed by atoms with Gasteiger partial charge in [-0.15, -0.1) is 0 Å². The van der Waals surface area contributed by atoms with Gasteiger partial charge in [0.15, 0.2) is 0 Å². The molecule has 2 heterocycles. The number of carbonyl (C=O) groups excluding carboxylic acids is 3. The number of nitrogens with one attached hydrogen (secondary N) is 1. The van der Waals surface area contributed by atoms with Crippen LogP contribution in [0.1, 0.15) is 62.2 Å². The third-order valence-electron chi connectivity index (χ3n) is 6.55. The molecule has 10 nitrogen and oxygen atoms in total.